The summed E-state index contributed by atoms with van der Waals surface area (Å²) in [5, 5.41) is 3.65. The fourth-order valence-electron chi connectivity index (χ4n) is 2.09. The molecule has 0 saturated heterocycles. The van der Waals surface area contributed by atoms with Crippen LogP contribution in [0.1, 0.15) is 45.1 Å². The van der Waals surface area contributed by atoms with E-state index in [1.165, 1.54) is 24.1 Å². The molecule has 1 saturated carbocycles. The Morgan fingerprint density at radius 1 is 1.13 bits per heavy atom. The Labute approximate surface area is 92.9 Å². The first-order valence-corrected chi connectivity index (χ1v) is 6.04. The second kappa shape index (κ2) is 4.26. The lowest BCUT2D eigenvalue weighted by molar-refractivity contribution is 0.691. The maximum atomic E-state index is 3.65. The van der Waals surface area contributed by atoms with E-state index in [2.05, 4.69) is 50.4 Å². The molecule has 0 spiro atoms. The molecule has 2 rings (SSSR count). The molecular weight excluding hydrogens is 182 g/mol. The number of para-hydroxylation sites is 1. The van der Waals surface area contributed by atoms with Crippen molar-refractivity contribution < 1.29 is 0 Å². The molecule has 1 aliphatic carbocycles. The average Bonchev–Trinajstić information content (AvgIpc) is 3.01. The summed E-state index contributed by atoms with van der Waals surface area (Å²) in [4.78, 5) is 0. The van der Waals surface area contributed by atoms with Gasteiger partial charge in [-0.15, -0.1) is 0 Å². The SMILES string of the molecule is CC(C)c1ccccc1N[C@@H](C)C1CC1. The van der Waals surface area contributed by atoms with E-state index in [0.29, 0.717) is 12.0 Å². The van der Waals surface area contributed by atoms with Gasteiger partial charge in [-0.2, -0.15) is 0 Å². The van der Waals surface area contributed by atoms with Crippen LogP contribution in [0.5, 0.6) is 0 Å². The Balaban J connectivity index is 2.11. The van der Waals surface area contributed by atoms with Gasteiger partial charge < -0.3 is 5.32 Å². The van der Waals surface area contributed by atoms with Crippen LogP contribution in [0.2, 0.25) is 0 Å². The minimum Gasteiger partial charge on any atom is -0.382 e. The molecule has 15 heavy (non-hydrogen) atoms. The minimum atomic E-state index is 0.597. The predicted molar refractivity (Wildman–Crippen MR) is 66.3 cm³/mol. The van der Waals surface area contributed by atoms with Crippen LogP contribution in [0.15, 0.2) is 24.3 Å². The molecule has 0 heterocycles. The Morgan fingerprint density at radius 2 is 1.80 bits per heavy atom. The van der Waals surface area contributed by atoms with Crippen molar-refractivity contribution in [3.63, 3.8) is 0 Å². The zero-order valence-electron chi connectivity index (χ0n) is 9.96. The number of hydrogen-bond acceptors (Lipinski definition) is 1. The highest BCUT2D eigenvalue weighted by molar-refractivity contribution is 5.53. The highest BCUT2D eigenvalue weighted by atomic mass is 14.9. The van der Waals surface area contributed by atoms with Gasteiger partial charge in [0.25, 0.3) is 0 Å². The summed E-state index contributed by atoms with van der Waals surface area (Å²) in [6.45, 7) is 6.80. The summed E-state index contributed by atoms with van der Waals surface area (Å²) in [6, 6.07) is 9.31. The monoisotopic (exact) mass is 203 g/mol. The van der Waals surface area contributed by atoms with Crippen LogP contribution >= 0.6 is 0 Å². The van der Waals surface area contributed by atoms with Crippen LogP contribution in [0.25, 0.3) is 0 Å². The molecule has 1 aromatic carbocycles. The molecule has 0 radical (unpaired) electrons. The van der Waals surface area contributed by atoms with Crippen molar-refractivity contribution in [3.05, 3.63) is 29.8 Å². The molecule has 0 bridgehead atoms. The molecule has 1 N–H and O–H groups in total. The molecule has 1 nitrogen and oxygen atoms in total. The molecule has 1 aromatic rings. The molecule has 0 unspecified atom stereocenters. The van der Waals surface area contributed by atoms with Crippen molar-refractivity contribution >= 4 is 5.69 Å². The van der Waals surface area contributed by atoms with E-state index >= 15 is 0 Å². The highest BCUT2D eigenvalue weighted by Crippen LogP contribution is 2.35. The summed E-state index contributed by atoms with van der Waals surface area (Å²) >= 11 is 0. The van der Waals surface area contributed by atoms with Gasteiger partial charge in [-0.1, -0.05) is 32.0 Å². The van der Waals surface area contributed by atoms with Gasteiger partial charge in [-0.3, -0.25) is 0 Å². The summed E-state index contributed by atoms with van der Waals surface area (Å²) < 4.78 is 0. The van der Waals surface area contributed by atoms with Gasteiger partial charge in [0.05, 0.1) is 0 Å². The summed E-state index contributed by atoms with van der Waals surface area (Å²) in [6.07, 6.45) is 2.80. The number of benzene rings is 1. The Morgan fingerprint density at radius 3 is 2.40 bits per heavy atom. The largest absolute Gasteiger partial charge is 0.382 e. The van der Waals surface area contributed by atoms with E-state index in [4.69, 9.17) is 0 Å². The molecule has 0 aromatic heterocycles. The van der Waals surface area contributed by atoms with Gasteiger partial charge in [-0.05, 0) is 43.2 Å². The third kappa shape index (κ3) is 2.53. The molecule has 1 heteroatoms. The number of hydrogen-bond donors (Lipinski definition) is 1. The smallest absolute Gasteiger partial charge is 0.0377 e. The van der Waals surface area contributed by atoms with Crippen molar-refractivity contribution in [2.24, 2.45) is 5.92 Å². The maximum absolute atomic E-state index is 3.65. The van der Waals surface area contributed by atoms with Gasteiger partial charge in [0.15, 0.2) is 0 Å². The summed E-state index contributed by atoms with van der Waals surface area (Å²) in [5.41, 5.74) is 2.76. The first kappa shape index (κ1) is 10.5. The molecule has 1 aliphatic rings. The summed E-state index contributed by atoms with van der Waals surface area (Å²) in [7, 11) is 0. The van der Waals surface area contributed by atoms with Crippen LogP contribution in [-0.4, -0.2) is 6.04 Å². The lowest BCUT2D eigenvalue weighted by Crippen LogP contribution is -2.18. The van der Waals surface area contributed by atoms with Crippen LogP contribution in [0.4, 0.5) is 5.69 Å². The zero-order chi connectivity index (χ0) is 10.8. The van der Waals surface area contributed by atoms with Gasteiger partial charge >= 0.3 is 0 Å². The Hall–Kier alpha value is -0.980. The Bertz CT molecular complexity index is 326. The molecular formula is C14H21N. The van der Waals surface area contributed by atoms with Gasteiger partial charge in [0.1, 0.15) is 0 Å². The lowest BCUT2D eigenvalue weighted by atomic mass is 10.0. The zero-order valence-corrected chi connectivity index (χ0v) is 9.96. The van der Waals surface area contributed by atoms with Crippen molar-refractivity contribution in [2.45, 2.75) is 45.6 Å². The van der Waals surface area contributed by atoms with Gasteiger partial charge in [-0.25, -0.2) is 0 Å². The predicted octanol–water partition coefficient (Wildman–Crippen LogP) is 4.02. The van der Waals surface area contributed by atoms with Gasteiger partial charge in [0, 0.05) is 11.7 Å². The van der Waals surface area contributed by atoms with E-state index in [1.54, 1.807) is 0 Å². The first-order valence-electron chi connectivity index (χ1n) is 6.04. The third-order valence-electron chi connectivity index (χ3n) is 3.30. The highest BCUT2D eigenvalue weighted by Gasteiger charge is 2.28. The van der Waals surface area contributed by atoms with Crippen molar-refractivity contribution in [1.82, 2.24) is 0 Å². The number of nitrogens with one attached hydrogen (secondary N) is 1. The van der Waals surface area contributed by atoms with E-state index in [0.717, 1.165) is 5.92 Å². The third-order valence-corrected chi connectivity index (χ3v) is 3.30. The lowest BCUT2D eigenvalue weighted by Gasteiger charge is -2.19. The quantitative estimate of drug-likeness (QED) is 0.779. The maximum Gasteiger partial charge on any atom is 0.0377 e. The molecule has 0 amide bonds. The minimum absolute atomic E-state index is 0.597. The fraction of sp³-hybridized carbons (Fsp3) is 0.571. The number of rotatable bonds is 4. The van der Waals surface area contributed by atoms with Crippen LogP contribution < -0.4 is 5.32 Å². The van der Waals surface area contributed by atoms with E-state index in [1.807, 2.05) is 0 Å². The fourth-order valence-corrected chi connectivity index (χ4v) is 2.09. The molecule has 82 valence electrons. The number of anilines is 1. The van der Waals surface area contributed by atoms with Crippen molar-refractivity contribution in [1.29, 1.82) is 0 Å². The molecule has 0 aliphatic heterocycles. The van der Waals surface area contributed by atoms with E-state index in [9.17, 15) is 0 Å². The second-order valence-electron chi connectivity index (χ2n) is 5.01. The van der Waals surface area contributed by atoms with Crippen molar-refractivity contribution in [3.8, 4) is 0 Å². The van der Waals surface area contributed by atoms with E-state index < -0.39 is 0 Å². The molecule has 1 fully saturated rings. The molecule has 1 atom stereocenters. The average molecular weight is 203 g/mol. The standard InChI is InChI=1S/C14H21N/c1-10(2)13-6-4-5-7-14(13)15-11(3)12-8-9-12/h4-7,10-12,15H,8-9H2,1-3H3/t11-/m0/s1. The normalized spacial score (nSPS) is 17.9. The first-order chi connectivity index (χ1) is 7.18. The topological polar surface area (TPSA) is 12.0 Å². The van der Waals surface area contributed by atoms with E-state index in [-0.39, 0.29) is 0 Å². The van der Waals surface area contributed by atoms with Crippen LogP contribution in [0, 0.1) is 5.92 Å². The second-order valence-corrected chi connectivity index (χ2v) is 5.01. The Kier molecular flexibility index (Phi) is 2.99. The van der Waals surface area contributed by atoms with Crippen molar-refractivity contribution in [2.75, 3.05) is 5.32 Å². The summed E-state index contributed by atoms with van der Waals surface area (Å²) in [5.74, 6) is 1.50. The van der Waals surface area contributed by atoms with Crippen LogP contribution in [-0.2, 0) is 0 Å². The van der Waals surface area contributed by atoms with Crippen LogP contribution in [0.3, 0.4) is 0 Å². The van der Waals surface area contributed by atoms with Gasteiger partial charge in [0.2, 0.25) is 0 Å².